The van der Waals surface area contributed by atoms with Crippen molar-refractivity contribution in [3.8, 4) is 0 Å². The van der Waals surface area contributed by atoms with E-state index in [1.165, 1.54) is 11.1 Å². The van der Waals surface area contributed by atoms with Crippen LogP contribution < -0.4 is 5.32 Å². The Balaban J connectivity index is 1.89. The molecular formula is C16H21BrN2O. The highest BCUT2D eigenvalue weighted by Gasteiger charge is 2.13. The van der Waals surface area contributed by atoms with Crippen LogP contribution in [0.4, 0.5) is 0 Å². The molecule has 0 fully saturated rings. The van der Waals surface area contributed by atoms with Crippen LogP contribution in [0.1, 0.15) is 23.6 Å². The van der Waals surface area contributed by atoms with E-state index >= 15 is 0 Å². The van der Waals surface area contributed by atoms with Crippen LogP contribution in [0.3, 0.4) is 0 Å². The molecule has 2 aromatic rings. The molecule has 0 aliphatic rings. The molecule has 4 heteroatoms. The smallest absolute Gasteiger partial charge is 0.0947 e. The van der Waals surface area contributed by atoms with Gasteiger partial charge in [-0.3, -0.25) is 0 Å². The lowest BCUT2D eigenvalue weighted by Crippen LogP contribution is -2.25. The van der Waals surface area contributed by atoms with Gasteiger partial charge in [-0.1, -0.05) is 34.1 Å². The Hall–Kier alpha value is -1.10. The van der Waals surface area contributed by atoms with Crippen molar-refractivity contribution in [2.24, 2.45) is 0 Å². The zero-order chi connectivity index (χ0) is 14.4. The molecule has 0 spiro atoms. The summed E-state index contributed by atoms with van der Waals surface area (Å²) >= 11 is 3.63. The summed E-state index contributed by atoms with van der Waals surface area (Å²) in [5.41, 5.74) is 2.53. The standard InChI is InChI=1S/C16H21BrN2O/c1-18-16(14-5-3-4-6-15(14)17)7-9-19(2)11-13-8-10-20-12-13/h3-6,8,10,12,16,18H,7,9,11H2,1-2H3. The quantitative estimate of drug-likeness (QED) is 0.832. The fraction of sp³-hybridized carbons (Fsp3) is 0.375. The van der Waals surface area contributed by atoms with Crippen molar-refractivity contribution in [1.82, 2.24) is 10.2 Å². The summed E-state index contributed by atoms with van der Waals surface area (Å²) in [6, 6.07) is 10.8. The SMILES string of the molecule is CNC(CCN(C)Cc1ccoc1)c1ccccc1Br. The Kier molecular flexibility index (Phi) is 5.83. The number of nitrogens with zero attached hydrogens (tertiary/aromatic N) is 1. The molecule has 20 heavy (non-hydrogen) atoms. The van der Waals surface area contributed by atoms with Crippen LogP contribution in [0.25, 0.3) is 0 Å². The number of furan rings is 1. The summed E-state index contributed by atoms with van der Waals surface area (Å²) in [4.78, 5) is 2.31. The third kappa shape index (κ3) is 4.20. The first-order valence-electron chi connectivity index (χ1n) is 6.82. The molecule has 1 N–H and O–H groups in total. The van der Waals surface area contributed by atoms with Gasteiger partial charge in [0, 0.05) is 22.6 Å². The van der Waals surface area contributed by atoms with Crippen molar-refractivity contribution in [2.45, 2.75) is 19.0 Å². The maximum Gasteiger partial charge on any atom is 0.0947 e. The molecule has 0 amide bonds. The Labute approximate surface area is 129 Å². The van der Waals surface area contributed by atoms with Gasteiger partial charge in [0.2, 0.25) is 0 Å². The summed E-state index contributed by atoms with van der Waals surface area (Å²) in [6.07, 6.45) is 4.59. The van der Waals surface area contributed by atoms with E-state index in [1.807, 2.05) is 19.2 Å². The highest BCUT2D eigenvalue weighted by molar-refractivity contribution is 9.10. The van der Waals surface area contributed by atoms with Crippen molar-refractivity contribution in [1.29, 1.82) is 0 Å². The zero-order valence-corrected chi connectivity index (χ0v) is 13.6. The average Bonchev–Trinajstić information content (AvgIpc) is 2.94. The topological polar surface area (TPSA) is 28.4 Å². The van der Waals surface area contributed by atoms with E-state index in [2.05, 4.69) is 51.4 Å². The van der Waals surface area contributed by atoms with Crippen LogP contribution in [0.2, 0.25) is 0 Å². The third-order valence-corrected chi connectivity index (χ3v) is 4.18. The lowest BCUT2D eigenvalue weighted by atomic mass is 10.0. The van der Waals surface area contributed by atoms with Crippen molar-refractivity contribution in [3.63, 3.8) is 0 Å². The maximum absolute atomic E-state index is 5.10. The molecular weight excluding hydrogens is 316 g/mol. The van der Waals surface area contributed by atoms with Gasteiger partial charge >= 0.3 is 0 Å². The Morgan fingerprint density at radius 1 is 1.30 bits per heavy atom. The van der Waals surface area contributed by atoms with Gasteiger partial charge in [0.1, 0.15) is 0 Å². The average molecular weight is 337 g/mol. The molecule has 3 nitrogen and oxygen atoms in total. The van der Waals surface area contributed by atoms with E-state index in [-0.39, 0.29) is 0 Å². The molecule has 1 unspecified atom stereocenters. The fourth-order valence-electron chi connectivity index (χ4n) is 2.34. The Morgan fingerprint density at radius 3 is 2.75 bits per heavy atom. The number of nitrogens with one attached hydrogen (secondary N) is 1. The highest BCUT2D eigenvalue weighted by atomic mass is 79.9. The van der Waals surface area contributed by atoms with Crippen molar-refractivity contribution in [3.05, 3.63) is 58.5 Å². The molecule has 1 aromatic carbocycles. The van der Waals surface area contributed by atoms with E-state index in [1.54, 1.807) is 12.5 Å². The van der Waals surface area contributed by atoms with E-state index in [4.69, 9.17) is 4.42 Å². The minimum absolute atomic E-state index is 0.359. The number of rotatable bonds is 7. The van der Waals surface area contributed by atoms with E-state index < -0.39 is 0 Å². The Bertz CT molecular complexity index is 513. The number of hydrogen-bond acceptors (Lipinski definition) is 3. The van der Waals surface area contributed by atoms with Gasteiger partial charge in [-0.15, -0.1) is 0 Å². The van der Waals surface area contributed by atoms with Crippen LogP contribution in [-0.4, -0.2) is 25.5 Å². The third-order valence-electron chi connectivity index (χ3n) is 3.46. The highest BCUT2D eigenvalue weighted by Crippen LogP contribution is 2.25. The molecule has 0 bridgehead atoms. The lowest BCUT2D eigenvalue weighted by Gasteiger charge is -2.22. The second-order valence-electron chi connectivity index (χ2n) is 5.02. The second kappa shape index (κ2) is 7.62. The molecule has 1 atom stereocenters. The van der Waals surface area contributed by atoms with Crippen LogP contribution in [0.5, 0.6) is 0 Å². The van der Waals surface area contributed by atoms with Gasteiger partial charge in [0.05, 0.1) is 12.5 Å². The largest absolute Gasteiger partial charge is 0.472 e. The molecule has 1 heterocycles. The zero-order valence-electron chi connectivity index (χ0n) is 12.0. The van der Waals surface area contributed by atoms with Crippen LogP contribution in [0.15, 0.2) is 51.7 Å². The first-order chi connectivity index (χ1) is 9.70. The molecule has 0 aliphatic carbocycles. The van der Waals surface area contributed by atoms with Gasteiger partial charge in [-0.25, -0.2) is 0 Å². The minimum atomic E-state index is 0.359. The summed E-state index contributed by atoms with van der Waals surface area (Å²) in [5, 5.41) is 3.40. The van der Waals surface area contributed by atoms with Gasteiger partial charge in [0.25, 0.3) is 0 Å². The van der Waals surface area contributed by atoms with Crippen molar-refractivity contribution < 1.29 is 4.42 Å². The monoisotopic (exact) mass is 336 g/mol. The van der Waals surface area contributed by atoms with Gasteiger partial charge < -0.3 is 14.6 Å². The van der Waals surface area contributed by atoms with E-state index in [0.29, 0.717) is 6.04 Å². The lowest BCUT2D eigenvalue weighted by molar-refractivity contribution is 0.303. The molecule has 0 radical (unpaired) electrons. The van der Waals surface area contributed by atoms with Gasteiger partial charge in [-0.2, -0.15) is 0 Å². The van der Waals surface area contributed by atoms with Crippen molar-refractivity contribution in [2.75, 3.05) is 20.6 Å². The molecule has 0 aliphatic heterocycles. The van der Waals surface area contributed by atoms with Crippen molar-refractivity contribution >= 4 is 15.9 Å². The molecule has 0 saturated carbocycles. The predicted octanol–water partition coefficient (Wildman–Crippen LogP) is 3.82. The van der Waals surface area contributed by atoms with Gasteiger partial charge in [-0.05, 0) is 44.8 Å². The normalized spacial score (nSPS) is 12.8. The van der Waals surface area contributed by atoms with E-state index in [9.17, 15) is 0 Å². The van der Waals surface area contributed by atoms with E-state index in [0.717, 1.165) is 24.0 Å². The molecule has 2 rings (SSSR count). The summed E-state index contributed by atoms with van der Waals surface area (Å²) in [6.45, 7) is 1.95. The fourth-order valence-corrected chi connectivity index (χ4v) is 2.90. The van der Waals surface area contributed by atoms with Crippen LogP contribution in [0, 0.1) is 0 Å². The minimum Gasteiger partial charge on any atom is -0.472 e. The number of benzene rings is 1. The summed E-state index contributed by atoms with van der Waals surface area (Å²) < 4.78 is 6.27. The first-order valence-corrected chi connectivity index (χ1v) is 7.61. The Morgan fingerprint density at radius 2 is 2.10 bits per heavy atom. The van der Waals surface area contributed by atoms with Crippen LogP contribution >= 0.6 is 15.9 Å². The number of hydrogen-bond donors (Lipinski definition) is 1. The summed E-state index contributed by atoms with van der Waals surface area (Å²) in [5.74, 6) is 0. The summed E-state index contributed by atoms with van der Waals surface area (Å²) in [7, 11) is 4.15. The number of halogens is 1. The van der Waals surface area contributed by atoms with Gasteiger partial charge in [0.15, 0.2) is 0 Å². The second-order valence-corrected chi connectivity index (χ2v) is 5.88. The predicted molar refractivity (Wildman–Crippen MR) is 85.6 cm³/mol. The molecule has 108 valence electrons. The molecule has 1 aromatic heterocycles. The maximum atomic E-state index is 5.10. The first kappa shape index (κ1) is 15.3. The molecule has 0 saturated heterocycles. The van der Waals surface area contributed by atoms with Crippen LogP contribution in [-0.2, 0) is 6.54 Å².